The highest BCUT2D eigenvalue weighted by Gasteiger charge is 2.04. The second-order valence-corrected chi connectivity index (χ2v) is 4.27. The molecule has 0 saturated carbocycles. The molecule has 1 heterocycles. The van der Waals surface area contributed by atoms with Crippen LogP contribution in [0.3, 0.4) is 0 Å². The van der Waals surface area contributed by atoms with Crippen molar-refractivity contribution < 1.29 is 5.11 Å². The van der Waals surface area contributed by atoms with E-state index in [2.05, 4.69) is 17.1 Å². The van der Waals surface area contributed by atoms with Gasteiger partial charge < -0.3 is 9.67 Å². The third-order valence-corrected chi connectivity index (χ3v) is 2.89. The van der Waals surface area contributed by atoms with E-state index in [1.165, 1.54) is 5.56 Å². The molecule has 3 nitrogen and oxygen atoms in total. The third kappa shape index (κ3) is 4.04. The lowest BCUT2D eigenvalue weighted by molar-refractivity contribution is 0.149. The molecule has 0 fully saturated rings. The summed E-state index contributed by atoms with van der Waals surface area (Å²) in [5.74, 6) is 0. The molecule has 1 aromatic carbocycles. The van der Waals surface area contributed by atoms with E-state index < -0.39 is 0 Å². The number of benzene rings is 1. The fourth-order valence-corrected chi connectivity index (χ4v) is 1.84. The van der Waals surface area contributed by atoms with Crippen molar-refractivity contribution in [1.82, 2.24) is 9.55 Å². The summed E-state index contributed by atoms with van der Waals surface area (Å²) >= 11 is 0. The van der Waals surface area contributed by atoms with E-state index in [-0.39, 0.29) is 6.10 Å². The first-order valence-corrected chi connectivity index (χ1v) is 6.02. The average Bonchev–Trinajstić information content (AvgIpc) is 2.88. The van der Waals surface area contributed by atoms with Gasteiger partial charge in [-0.05, 0) is 24.8 Å². The Balaban J connectivity index is 1.69. The highest BCUT2D eigenvalue weighted by Crippen LogP contribution is 2.08. The smallest absolute Gasteiger partial charge is 0.0945 e. The molecule has 2 aromatic rings. The summed E-state index contributed by atoms with van der Waals surface area (Å²) in [4.78, 5) is 3.98. The Morgan fingerprint density at radius 3 is 2.71 bits per heavy atom. The van der Waals surface area contributed by atoms with Gasteiger partial charge in [0.25, 0.3) is 0 Å². The minimum atomic E-state index is -0.238. The fraction of sp³-hybridized carbons (Fsp3) is 0.357. The summed E-state index contributed by atoms with van der Waals surface area (Å²) < 4.78 is 1.99. The van der Waals surface area contributed by atoms with Crippen LogP contribution in [0.2, 0.25) is 0 Å². The maximum Gasteiger partial charge on any atom is 0.0945 e. The van der Waals surface area contributed by atoms with Gasteiger partial charge in [-0.2, -0.15) is 0 Å². The molecule has 3 heteroatoms. The zero-order valence-corrected chi connectivity index (χ0v) is 9.87. The summed E-state index contributed by atoms with van der Waals surface area (Å²) in [7, 11) is 0. The number of aryl methyl sites for hydroxylation is 2. The van der Waals surface area contributed by atoms with E-state index in [0.29, 0.717) is 0 Å². The molecular formula is C14H18N2O. The van der Waals surface area contributed by atoms with Gasteiger partial charge in [0, 0.05) is 18.9 Å². The second-order valence-electron chi connectivity index (χ2n) is 4.27. The van der Waals surface area contributed by atoms with E-state index >= 15 is 0 Å². The number of imidazole rings is 1. The van der Waals surface area contributed by atoms with E-state index in [0.717, 1.165) is 25.8 Å². The van der Waals surface area contributed by atoms with E-state index in [1.807, 2.05) is 29.0 Å². The second kappa shape index (κ2) is 6.21. The largest absolute Gasteiger partial charge is 0.393 e. The summed E-state index contributed by atoms with van der Waals surface area (Å²) in [5.41, 5.74) is 1.29. The standard InChI is InChI=1S/C14H18N2O/c17-14(8-10-16-11-9-15-12-16)7-6-13-4-2-1-3-5-13/h1-5,9,11-12,14,17H,6-8,10H2. The van der Waals surface area contributed by atoms with Gasteiger partial charge in [-0.3, -0.25) is 0 Å². The fourth-order valence-electron chi connectivity index (χ4n) is 1.84. The van der Waals surface area contributed by atoms with Crippen LogP contribution < -0.4 is 0 Å². The molecule has 0 aliphatic rings. The Hall–Kier alpha value is -1.61. The van der Waals surface area contributed by atoms with Crippen LogP contribution >= 0.6 is 0 Å². The first kappa shape index (κ1) is 11.9. The molecule has 0 aliphatic heterocycles. The van der Waals surface area contributed by atoms with Gasteiger partial charge >= 0.3 is 0 Å². The predicted molar refractivity (Wildman–Crippen MR) is 67.6 cm³/mol. The number of nitrogens with zero attached hydrogens (tertiary/aromatic N) is 2. The molecule has 1 N–H and O–H groups in total. The maximum atomic E-state index is 9.88. The maximum absolute atomic E-state index is 9.88. The van der Waals surface area contributed by atoms with Gasteiger partial charge in [-0.25, -0.2) is 4.98 Å². The van der Waals surface area contributed by atoms with Gasteiger partial charge in [0.2, 0.25) is 0 Å². The minimum Gasteiger partial charge on any atom is -0.393 e. The number of rotatable bonds is 6. The van der Waals surface area contributed by atoms with Gasteiger partial charge in [0.1, 0.15) is 0 Å². The number of aromatic nitrogens is 2. The Morgan fingerprint density at radius 1 is 1.18 bits per heavy atom. The Kier molecular flexibility index (Phi) is 4.33. The van der Waals surface area contributed by atoms with Crippen LogP contribution in [0.15, 0.2) is 49.1 Å². The normalized spacial score (nSPS) is 12.5. The monoisotopic (exact) mass is 230 g/mol. The van der Waals surface area contributed by atoms with E-state index in [1.54, 1.807) is 12.5 Å². The van der Waals surface area contributed by atoms with Gasteiger partial charge in [0.15, 0.2) is 0 Å². The number of aliphatic hydroxyl groups is 1. The molecule has 90 valence electrons. The lowest BCUT2D eigenvalue weighted by Crippen LogP contribution is -2.11. The highest BCUT2D eigenvalue weighted by atomic mass is 16.3. The van der Waals surface area contributed by atoms with Crippen LogP contribution in [0.4, 0.5) is 0 Å². The van der Waals surface area contributed by atoms with Crippen molar-refractivity contribution in [1.29, 1.82) is 0 Å². The molecule has 0 spiro atoms. The van der Waals surface area contributed by atoms with E-state index in [4.69, 9.17) is 0 Å². The zero-order chi connectivity index (χ0) is 11.9. The molecule has 1 atom stereocenters. The van der Waals surface area contributed by atoms with Crippen molar-refractivity contribution in [3.63, 3.8) is 0 Å². The lowest BCUT2D eigenvalue weighted by atomic mass is 10.1. The molecule has 0 radical (unpaired) electrons. The third-order valence-electron chi connectivity index (χ3n) is 2.89. The van der Waals surface area contributed by atoms with Crippen LogP contribution in [0.25, 0.3) is 0 Å². The molecule has 17 heavy (non-hydrogen) atoms. The molecule has 1 unspecified atom stereocenters. The summed E-state index contributed by atoms with van der Waals surface area (Å²) in [6.07, 6.45) is 7.76. The number of hydrogen-bond donors (Lipinski definition) is 1. The SMILES string of the molecule is OC(CCc1ccccc1)CCn1ccnc1. The Morgan fingerprint density at radius 2 is 2.00 bits per heavy atom. The summed E-state index contributed by atoms with van der Waals surface area (Å²) in [6.45, 7) is 0.829. The lowest BCUT2D eigenvalue weighted by Gasteiger charge is -2.10. The molecule has 1 aromatic heterocycles. The first-order chi connectivity index (χ1) is 8.34. The van der Waals surface area contributed by atoms with Crippen molar-refractivity contribution in [3.8, 4) is 0 Å². The van der Waals surface area contributed by atoms with Crippen LogP contribution in [0.5, 0.6) is 0 Å². The number of aliphatic hydroxyl groups excluding tert-OH is 1. The quantitative estimate of drug-likeness (QED) is 0.826. The number of hydrogen-bond acceptors (Lipinski definition) is 2. The molecule has 2 rings (SSSR count). The molecule has 0 bridgehead atoms. The highest BCUT2D eigenvalue weighted by molar-refractivity contribution is 5.14. The van der Waals surface area contributed by atoms with Gasteiger partial charge in [-0.15, -0.1) is 0 Å². The van der Waals surface area contributed by atoms with Crippen LogP contribution in [0, 0.1) is 0 Å². The Bertz CT molecular complexity index is 411. The minimum absolute atomic E-state index is 0.238. The van der Waals surface area contributed by atoms with Crippen molar-refractivity contribution in [3.05, 3.63) is 54.6 Å². The zero-order valence-electron chi connectivity index (χ0n) is 9.87. The van der Waals surface area contributed by atoms with Gasteiger partial charge in [0.05, 0.1) is 12.4 Å². The van der Waals surface area contributed by atoms with Crippen molar-refractivity contribution in [2.75, 3.05) is 0 Å². The van der Waals surface area contributed by atoms with Crippen molar-refractivity contribution >= 4 is 0 Å². The molecule has 0 aliphatic carbocycles. The Labute approximate surface area is 102 Å². The van der Waals surface area contributed by atoms with Crippen molar-refractivity contribution in [2.24, 2.45) is 0 Å². The molecule has 0 amide bonds. The van der Waals surface area contributed by atoms with Crippen LogP contribution in [-0.2, 0) is 13.0 Å². The topological polar surface area (TPSA) is 38.0 Å². The molecule has 0 saturated heterocycles. The van der Waals surface area contributed by atoms with Crippen molar-refractivity contribution in [2.45, 2.75) is 31.9 Å². The molecular weight excluding hydrogens is 212 g/mol. The summed E-state index contributed by atoms with van der Waals surface area (Å²) in [6, 6.07) is 10.3. The average molecular weight is 230 g/mol. The summed E-state index contributed by atoms with van der Waals surface area (Å²) in [5, 5.41) is 9.88. The van der Waals surface area contributed by atoms with Crippen LogP contribution in [-0.4, -0.2) is 20.8 Å². The van der Waals surface area contributed by atoms with E-state index in [9.17, 15) is 5.11 Å². The van der Waals surface area contributed by atoms with Crippen LogP contribution in [0.1, 0.15) is 18.4 Å². The predicted octanol–water partition coefficient (Wildman–Crippen LogP) is 2.27. The van der Waals surface area contributed by atoms with Gasteiger partial charge in [-0.1, -0.05) is 30.3 Å². The first-order valence-electron chi connectivity index (χ1n) is 6.02.